The van der Waals surface area contributed by atoms with Crippen LogP contribution in [-0.2, 0) is 0 Å². The van der Waals surface area contributed by atoms with E-state index in [2.05, 4.69) is 0 Å². The summed E-state index contributed by atoms with van der Waals surface area (Å²) in [5.74, 6) is -0.392. The topological polar surface area (TPSA) is 55.6 Å². The smallest absolute Gasteiger partial charge is 0.261 e. The number of benzene rings is 2. The molecule has 0 bridgehead atoms. The highest BCUT2D eigenvalue weighted by Gasteiger charge is 2.19. The third-order valence-corrected chi connectivity index (χ3v) is 3.25. The van der Waals surface area contributed by atoms with Gasteiger partial charge in [0.2, 0.25) is 0 Å². The fourth-order valence-electron chi connectivity index (χ4n) is 2.07. The average Bonchev–Trinajstić information content (AvgIpc) is 2.49. The van der Waals surface area contributed by atoms with Crippen molar-refractivity contribution in [3.8, 4) is 5.75 Å². The van der Waals surface area contributed by atoms with E-state index in [1.54, 1.807) is 45.3 Å². The first kappa shape index (κ1) is 14.8. The van der Waals surface area contributed by atoms with Crippen LogP contribution in [-0.4, -0.2) is 20.1 Å². The zero-order valence-electron chi connectivity index (χ0n) is 12.2. The van der Waals surface area contributed by atoms with Crippen molar-refractivity contribution in [1.29, 1.82) is 0 Å². The van der Waals surface area contributed by atoms with Crippen LogP contribution >= 0.6 is 0 Å². The van der Waals surface area contributed by atoms with E-state index in [0.29, 0.717) is 22.7 Å². The van der Waals surface area contributed by atoms with E-state index in [-0.39, 0.29) is 5.56 Å². The van der Waals surface area contributed by atoms with E-state index in [1.807, 2.05) is 0 Å². The van der Waals surface area contributed by atoms with Gasteiger partial charge in [0, 0.05) is 24.5 Å². The van der Waals surface area contributed by atoms with Crippen molar-refractivity contribution in [3.05, 3.63) is 53.3 Å². The highest BCUT2D eigenvalue weighted by atomic mass is 19.1. The van der Waals surface area contributed by atoms with Crippen LogP contribution in [0.3, 0.4) is 0 Å². The van der Waals surface area contributed by atoms with Crippen LogP contribution in [0.5, 0.6) is 5.75 Å². The van der Waals surface area contributed by atoms with E-state index in [9.17, 15) is 9.18 Å². The first-order valence-corrected chi connectivity index (χ1v) is 6.41. The zero-order valence-corrected chi connectivity index (χ0v) is 12.2. The molecule has 21 heavy (non-hydrogen) atoms. The lowest BCUT2D eigenvalue weighted by Crippen LogP contribution is -2.27. The van der Waals surface area contributed by atoms with Gasteiger partial charge < -0.3 is 15.4 Å². The van der Waals surface area contributed by atoms with E-state index in [1.165, 1.54) is 17.0 Å². The Morgan fingerprint density at radius 1 is 1.29 bits per heavy atom. The minimum atomic E-state index is -0.552. The van der Waals surface area contributed by atoms with Crippen molar-refractivity contribution in [2.75, 3.05) is 24.8 Å². The highest BCUT2D eigenvalue weighted by Crippen LogP contribution is 2.24. The summed E-state index contributed by atoms with van der Waals surface area (Å²) >= 11 is 0. The average molecular weight is 288 g/mol. The molecule has 0 radical (unpaired) electrons. The van der Waals surface area contributed by atoms with E-state index in [4.69, 9.17) is 10.5 Å². The molecular formula is C16H17FN2O2. The second-order valence-electron chi connectivity index (χ2n) is 4.76. The highest BCUT2D eigenvalue weighted by molar-refractivity contribution is 6.06. The maximum absolute atomic E-state index is 14.1. The van der Waals surface area contributed by atoms with E-state index >= 15 is 0 Å². The summed E-state index contributed by atoms with van der Waals surface area (Å²) in [6, 6.07) is 9.83. The lowest BCUT2D eigenvalue weighted by atomic mass is 10.1. The number of anilines is 2. The predicted molar refractivity (Wildman–Crippen MR) is 81.3 cm³/mol. The summed E-state index contributed by atoms with van der Waals surface area (Å²) < 4.78 is 19.2. The van der Waals surface area contributed by atoms with Crippen LogP contribution in [0, 0.1) is 12.7 Å². The number of aryl methyl sites for hydroxylation is 1. The van der Waals surface area contributed by atoms with Crippen molar-refractivity contribution in [2.24, 2.45) is 0 Å². The predicted octanol–water partition coefficient (Wildman–Crippen LogP) is 3.00. The zero-order chi connectivity index (χ0) is 15.6. The number of carbonyl (C=O) groups excluding carboxylic acids is 1. The first-order chi connectivity index (χ1) is 9.93. The van der Waals surface area contributed by atoms with Gasteiger partial charge in [-0.15, -0.1) is 0 Å². The molecule has 2 aromatic carbocycles. The standard InChI is InChI=1S/C16H17FN2O2/c1-10-7-11(18)8-14(15(10)17)16(20)19(2)12-5-4-6-13(9-12)21-3/h4-9H,18H2,1-3H3. The van der Waals surface area contributed by atoms with Crippen molar-refractivity contribution < 1.29 is 13.9 Å². The second kappa shape index (κ2) is 5.83. The van der Waals surface area contributed by atoms with E-state index < -0.39 is 11.7 Å². The molecule has 0 saturated carbocycles. The van der Waals surface area contributed by atoms with Gasteiger partial charge in [-0.3, -0.25) is 4.79 Å². The fraction of sp³-hybridized carbons (Fsp3) is 0.188. The summed E-state index contributed by atoms with van der Waals surface area (Å²) in [6.07, 6.45) is 0. The van der Waals surface area contributed by atoms with Crippen LogP contribution in [0.25, 0.3) is 0 Å². The minimum Gasteiger partial charge on any atom is -0.497 e. The lowest BCUT2D eigenvalue weighted by Gasteiger charge is -2.19. The van der Waals surface area contributed by atoms with Gasteiger partial charge in [-0.25, -0.2) is 4.39 Å². The number of hydrogen-bond acceptors (Lipinski definition) is 3. The van der Waals surface area contributed by atoms with Gasteiger partial charge in [0.15, 0.2) is 0 Å². The Balaban J connectivity index is 2.39. The number of ether oxygens (including phenoxy) is 1. The van der Waals surface area contributed by atoms with Gasteiger partial charge in [-0.1, -0.05) is 6.07 Å². The number of rotatable bonds is 3. The Morgan fingerprint density at radius 2 is 2.00 bits per heavy atom. The third kappa shape index (κ3) is 2.97. The molecule has 4 nitrogen and oxygen atoms in total. The number of halogens is 1. The molecule has 2 N–H and O–H groups in total. The Morgan fingerprint density at radius 3 is 2.67 bits per heavy atom. The van der Waals surface area contributed by atoms with Crippen LogP contribution in [0.1, 0.15) is 15.9 Å². The molecule has 0 heterocycles. The molecule has 1 amide bonds. The first-order valence-electron chi connectivity index (χ1n) is 6.41. The molecule has 2 rings (SSSR count). The molecule has 0 saturated heterocycles. The summed E-state index contributed by atoms with van der Waals surface area (Å²) in [6.45, 7) is 1.58. The number of nitrogens with zero attached hydrogens (tertiary/aromatic N) is 1. The Hall–Kier alpha value is -2.56. The molecule has 0 atom stereocenters. The SMILES string of the molecule is COc1cccc(N(C)C(=O)c2cc(N)cc(C)c2F)c1. The van der Waals surface area contributed by atoms with Crippen LogP contribution in [0.15, 0.2) is 36.4 Å². The van der Waals surface area contributed by atoms with E-state index in [0.717, 1.165) is 0 Å². The molecule has 0 aliphatic heterocycles. The molecule has 0 fully saturated rings. The molecule has 110 valence electrons. The largest absolute Gasteiger partial charge is 0.497 e. The third-order valence-electron chi connectivity index (χ3n) is 3.25. The number of amides is 1. The molecule has 0 aromatic heterocycles. The number of methoxy groups -OCH3 is 1. The summed E-state index contributed by atoms with van der Waals surface area (Å²) in [4.78, 5) is 13.8. The molecule has 0 spiro atoms. The summed E-state index contributed by atoms with van der Waals surface area (Å²) in [5, 5.41) is 0. The van der Waals surface area contributed by atoms with Gasteiger partial charge in [0.25, 0.3) is 5.91 Å². The Kier molecular flexibility index (Phi) is 4.12. The second-order valence-corrected chi connectivity index (χ2v) is 4.76. The van der Waals surface area contributed by atoms with Gasteiger partial charge in [-0.2, -0.15) is 0 Å². The fourth-order valence-corrected chi connectivity index (χ4v) is 2.07. The quantitative estimate of drug-likeness (QED) is 0.883. The van der Waals surface area contributed by atoms with Crippen LogP contribution in [0.2, 0.25) is 0 Å². The van der Waals surface area contributed by atoms with Crippen molar-refractivity contribution in [1.82, 2.24) is 0 Å². The lowest BCUT2D eigenvalue weighted by molar-refractivity contribution is 0.0989. The molecule has 0 unspecified atom stereocenters. The summed E-state index contributed by atoms with van der Waals surface area (Å²) in [5.41, 5.74) is 6.96. The number of nitrogen functional groups attached to an aromatic ring is 1. The maximum Gasteiger partial charge on any atom is 0.261 e. The van der Waals surface area contributed by atoms with Crippen LogP contribution < -0.4 is 15.4 Å². The number of nitrogens with two attached hydrogens (primary N) is 1. The van der Waals surface area contributed by atoms with Crippen molar-refractivity contribution >= 4 is 17.3 Å². The molecular weight excluding hydrogens is 271 g/mol. The molecule has 0 aliphatic carbocycles. The number of carbonyl (C=O) groups is 1. The monoisotopic (exact) mass is 288 g/mol. The maximum atomic E-state index is 14.1. The van der Waals surface area contributed by atoms with Gasteiger partial charge in [0.1, 0.15) is 11.6 Å². The molecule has 5 heteroatoms. The van der Waals surface area contributed by atoms with Crippen molar-refractivity contribution in [3.63, 3.8) is 0 Å². The van der Waals surface area contributed by atoms with Gasteiger partial charge in [-0.05, 0) is 36.8 Å². The normalized spacial score (nSPS) is 10.3. The van der Waals surface area contributed by atoms with Gasteiger partial charge in [0.05, 0.1) is 12.7 Å². The van der Waals surface area contributed by atoms with Gasteiger partial charge >= 0.3 is 0 Å². The Bertz CT molecular complexity index is 686. The van der Waals surface area contributed by atoms with Crippen LogP contribution in [0.4, 0.5) is 15.8 Å². The number of hydrogen-bond donors (Lipinski definition) is 1. The summed E-state index contributed by atoms with van der Waals surface area (Å²) in [7, 11) is 3.12. The van der Waals surface area contributed by atoms with Crippen molar-refractivity contribution in [2.45, 2.75) is 6.92 Å². The minimum absolute atomic E-state index is 0.0437. The molecule has 2 aromatic rings. The Labute approximate surface area is 122 Å². The molecule has 0 aliphatic rings.